The van der Waals surface area contributed by atoms with Crippen LogP contribution in [0, 0.1) is 0 Å². The van der Waals surface area contributed by atoms with Crippen LogP contribution in [0.1, 0.15) is 61.4 Å². The van der Waals surface area contributed by atoms with Crippen molar-refractivity contribution in [2.45, 2.75) is 58.1 Å². The molecular formula is C20H32N2O2. The number of piperidine rings is 1. The first-order valence-electron chi connectivity index (χ1n) is 9.39. The standard InChI is InChI=1S/C20H32N2O2/c1-2-3-15-24-18-10-13-22(14-11-18)12-6-9-20(23)19-8-5-4-7-17(19)16-21/h4-5,7-8,18H,2-3,6,9-16,21H2,1H3. The Morgan fingerprint density at radius 1 is 1.25 bits per heavy atom. The molecule has 1 aliphatic rings. The molecule has 0 bridgehead atoms. The molecule has 1 aromatic rings. The minimum absolute atomic E-state index is 0.217. The first-order chi connectivity index (χ1) is 11.7. The number of hydrogen-bond donors (Lipinski definition) is 1. The number of likely N-dealkylation sites (tertiary alicyclic amines) is 1. The van der Waals surface area contributed by atoms with E-state index in [1.165, 1.54) is 6.42 Å². The third-order valence-corrected chi connectivity index (χ3v) is 4.80. The van der Waals surface area contributed by atoms with E-state index in [1.54, 1.807) is 0 Å². The minimum Gasteiger partial charge on any atom is -0.378 e. The van der Waals surface area contributed by atoms with E-state index >= 15 is 0 Å². The van der Waals surface area contributed by atoms with Crippen LogP contribution < -0.4 is 5.73 Å². The Kier molecular flexibility index (Phi) is 8.43. The van der Waals surface area contributed by atoms with Gasteiger partial charge in [-0.2, -0.15) is 0 Å². The highest BCUT2D eigenvalue weighted by molar-refractivity contribution is 5.97. The molecule has 2 N–H and O–H groups in total. The fourth-order valence-corrected chi connectivity index (χ4v) is 3.26. The molecule has 24 heavy (non-hydrogen) atoms. The Balaban J connectivity index is 1.65. The zero-order valence-electron chi connectivity index (χ0n) is 15.0. The fourth-order valence-electron chi connectivity index (χ4n) is 3.26. The Morgan fingerprint density at radius 3 is 2.71 bits per heavy atom. The van der Waals surface area contributed by atoms with Crippen molar-refractivity contribution in [1.29, 1.82) is 0 Å². The van der Waals surface area contributed by atoms with Gasteiger partial charge in [0.05, 0.1) is 6.10 Å². The number of carbonyl (C=O) groups excluding carboxylic acids is 1. The van der Waals surface area contributed by atoms with Gasteiger partial charge in [0.15, 0.2) is 5.78 Å². The quantitative estimate of drug-likeness (QED) is 0.527. The highest BCUT2D eigenvalue weighted by Gasteiger charge is 2.19. The summed E-state index contributed by atoms with van der Waals surface area (Å²) in [6.45, 7) is 6.69. The second kappa shape index (κ2) is 10.6. The summed E-state index contributed by atoms with van der Waals surface area (Å²) in [5, 5.41) is 0. The average Bonchev–Trinajstić information content (AvgIpc) is 2.63. The number of Topliss-reactive ketones (excluding diaryl/α,β-unsaturated/α-hetero) is 1. The van der Waals surface area contributed by atoms with Crippen LogP contribution >= 0.6 is 0 Å². The lowest BCUT2D eigenvalue weighted by molar-refractivity contribution is 0.00616. The third-order valence-electron chi connectivity index (χ3n) is 4.80. The maximum Gasteiger partial charge on any atom is 0.163 e. The summed E-state index contributed by atoms with van der Waals surface area (Å²) >= 11 is 0. The molecule has 0 saturated carbocycles. The lowest BCUT2D eigenvalue weighted by Gasteiger charge is -2.31. The summed E-state index contributed by atoms with van der Waals surface area (Å²) in [7, 11) is 0. The van der Waals surface area contributed by atoms with E-state index in [2.05, 4.69) is 11.8 Å². The molecule has 1 saturated heterocycles. The molecule has 1 aliphatic heterocycles. The zero-order chi connectivity index (χ0) is 17.2. The van der Waals surface area contributed by atoms with E-state index in [-0.39, 0.29) is 5.78 Å². The zero-order valence-corrected chi connectivity index (χ0v) is 15.0. The Morgan fingerprint density at radius 2 is 2.00 bits per heavy atom. The molecule has 4 nitrogen and oxygen atoms in total. The number of nitrogens with zero attached hydrogens (tertiary/aromatic N) is 1. The molecule has 1 fully saturated rings. The Bertz CT molecular complexity index is 496. The summed E-state index contributed by atoms with van der Waals surface area (Å²) in [5.74, 6) is 0.217. The molecule has 0 spiro atoms. The van der Waals surface area contributed by atoms with Crippen LogP contribution in [0.25, 0.3) is 0 Å². The maximum absolute atomic E-state index is 12.4. The van der Waals surface area contributed by atoms with Crippen LogP contribution in [0.3, 0.4) is 0 Å². The molecule has 0 amide bonds. The van der Waals surface area contributed by atoms with Crippen LogP contribution in [0.2, 0.25) is 0 Å². The number of hydrogen-bond acceptors (Lipinski definition) is 4. The fraction of sp³-hybridized carbons (Fsp3) is 0.650. The van der Waals surface area contributed by atoms with Gasteiger partial charge in [-0.05, 0) is 37.8 Å². The number of nitrogens with two attached hydrogens (primary N) is 1. The number of unbranched alkanes of at least 4 members (excludes halogenated alkanes) is 1. The Hall–Kier alpha value is -1.23. The van der Waals surface area contributed by atoms with Crippen molar-refractivity contribution >= 4 is 5.78 Å². The van der Waals surface area contributed by atoms with Gasteiger partial charge in [-0.1, -0.05) is 37.6 Å². The number of ketones is 1. The van der Waals surface area contributed by atoms with E-state index in [9.17, 15) is 4.79 Å². The molecule has 134 valence electrons. The van der Waals surface area contributed by atoms with E-state index < -0.39 is 0 Å². The van der Waals surface area contributed by atoms with Crippen LogP contribution in [0.4, 0.5) is 0 Å². The Labute approximate surface area is 146 Å². The topological polar surface area (TPSA) is 55.6 Å². The molecule has 1 heterocycles. The largest absolute Gasteiger partial charge is 0.378 e. The highest BCUT2D eigenvalue weighted by Crippen LogP contribution is 2.16. The van der Waals surface area contributed by atoms with Gasteiger partial charge in [-0.3, -0.25) is 4.79 Å². The van der Waals surface area contributed by atoms with Crippen molar-refractivity contribution in [3.8, 4) is 0 Å². The van der Waals surface area contributed by atoms with Gasteiger partial charge in [-0.25, -0.2) is 0 Å². The van der Waals surface area contributed by atoms with Gasteiger partial charge in [0.25, 0.3) is 0 Å². The van der Waals surface area contributed by atoms with Crippen molar-refractivity contribution in [3.05, 3.63) is 35.4 Å². The first kappa shape index (κ1) is 19.1. The van der Waals surface area contributed by atoms with Gasteiger partial charge >= 0.3 is 0 Å². The first-order valence-corrected chi connectivity index (χ1v) is 9.39. The molecule has 0 atom stereocenters. The molecule has 0 aliphatic carbocycles. The SMILES string of the molecule is CCCCOC1CCN(CCCC(=O)c2ccccc2CN)CC1. The summed E-state index contributed by atoms with van der Waals surface area (Å²) < 4.78 is 5.91. The molecule has 0 unspecified atom stereocenters. The molecule has 1 aromatic carbocycles. The van der Waals surface area contributed by atoms with Crippen LogP contribution in [0.5, 0.6) is 0 Å². The smallest absolute Gasteiger partial charge is 0.163 e. The van der Waals surface area contributed by atoms with Gasteiger partial charge in [0.2, 0.25) is 0 Å². The van der Waals surface area contributed by atoms with Crippen molar-refractivity contribution in [2.24, 2.45) is 5.73 Å². The second-order valence-corrected chi connectivity index (χ2v) is 6.65. The maximum atomic E-state index is 12.4. The number of rotatable bonds is 10. The van der Waals surface area contributed by atoms with Crippen LogP contribution in [0.15, 0.2) is 24.3 Å². The van der Waals surface area contributed by atoms with Crippen molar-refractivity contribution in [2.75, 3.05) is 26.2 Å². The lowest BCUT2D eigenvalue weighted by Crippen LogP contribution is -2.37. The third kappa shape index (κ3) is 6.00. The highest BCUT2D eigenvalue weighted by atomic mass is 16.5. The minimum atomic E-state index is 0.217. The lowest BCUT2D eigenvalue weighted by atomic mass is 10.00. The molecule has 2 rings (SSSR count). The summed E-state index contributed by atoms with van der Waals surface area (Å²) in [6.07, 6.45) is 6.54. The van der Waals surface area contributed by atoms with E-state index in [1.807, 2.05) is 24.3 Å². The van der Waals surface area contributed by atoms with Gasteiger partial charge in [0.1, 0.15) is 0 Å². The summed E-state index contributed by atoms with van der Waals surface area (Å²) in [5.41, 5.74) is 7.46. The van der Waals surface area contributed by atoms with E-state index in [0.717, 1.165) is 63.1 Å². The van der Waals surface area contributed by atoms with E-state index in [0.29, 0.717) is 19.1 Å². The molecular weight excluding hydrogens is 300 g/mol. The van der Waals surface area contributed by atoms with Gasteiger partial charge in [0, 0.05) is 38.2 Å². The molecule has 0 aromatic heterocycles. The average molecular weight is 332 g/mol. The number of carbonyl (C=O) groups is 1. The van der Waals surface area contributed by atoms with Crippen LogP contribution in [-0.4, -0.2) is 43.0 Å². The normalized spacial score (nSPS) is 16.4. The predicted molar refractivity (Wildman–Crippen MR) is 98.2 cm³/mol. The number of benzene rings is 1. The summed E-state index contributed by atoms with van der Waals surface area (Å²) in [6, 6.07) is 7.68. The molecule has 0 radical (unpaired) electrons. The van der Waals surface area contributed by atoms with Crippen molar-refractivity contribution < 1.29 is 9.53 Å². The molecule has 4 heteroatoms. The monoisotopic (exact) mass is 332 g/mol. The number of ether oxygens (including phenoxy) is 1. The van der Waals surface area contributed by atoms with Gasteiger partial charge < -0.3 is 15.4 Å². The van der Waals surface area contributed by atoms with E-state index in [4.69, 9.17) is 10.5 Å². The predicted octanol–water partition coefficient (Wildman–Crippen LogP) is 3.39. The van der Waals surface area contributed by atoms with Crippen molar-refractivity contribution in [1.82, 2.24) is 4.90 Å². The van der Waals surface area contributed by atoms with Crippen molar-refractivity contribution in [3.63, 3.8) is 0 Å². The second-order valence-electron chi connectivity index (χ2n) is 6.65. The van der Waals surface area contributed by atoms with Gasteiger partial charge in [-0.15, -0.1) is 0 Å². The van der Waals surface area contributed by atoms with Crippen LogP contribution in [-0.2, 0) is 11.3 Å². The summed E-state index contributed by atoms with van der Waals surface area (Å²) in [4.78, 5) is 14.8.